The van der Waals surface area contributed by atoms with Crippen molar-refractivity contribution in [3.8, 4) is 6.07 Å². The zero-order chi connectivity index (χ0) is 20.7. The van der Waals surface area contributed by atoms with Gasteiger partial charge in [-0.3, -0.25) is 4.79 Å². The van der Waals surface area contributed by atoms with E-state index in [2.05, 4.69) is 5.32 Å². The monoisotopic (exact) mass is 388 g/mol. The minimum absolute atomic E-state index is 0.0687. The standard InChI is InChI=1S/C20H15F3N2O3/c1-2-28-19(27)14-6-8-17(9-7-14)25-18(26)15(12-24)10-13-4-3-5-16(11-13)20(21,22)23/h3-11H,2H2,1H3,(H,25,26)/b15-10+. The summed E-state index contributed by atoms with van der Waals surface area (Å²) in [6.45, 7) is 1.90. The van der Waals surface area contributed by atoms with Crippen molar-refractivity contribution in [3.05, 3.63) is 70.8 Å². The van der Waals surface area contributed by atoms with Gasteiger partial charge in [-0.05, 0) is 55.0 Å². The van der Waals surface area contributed by atoms with Gasteiger partial charge < -0.3 is 10.1 Å². The maximum atomic E-state index is 12.8. The first-order valence-electron chi connectivity index (χ1n) is 8.12. The second-order valence-electron chi connectivity index (χ2n) is 5.54. The second kappa shape index (κ2) is 8.86. The Morgan fingerprint density at radius 3 is 2.43 bits per heavy atom. The van der Waals surface area contributed by atoms with Gasteiger partial charge >= 0.3 is 12.1 Å². The number of halogens is 3. The van der Waals surface area contributed by atoms with Crippen molar-refractivity contribution in [1.82, 2.24) is 0 Å². The number of nitriles is 1. The number of carbonyl (C=O) groups excluding carboxylic acids is 2. The summed E-state index contributed by atoms with van der Waals surface area (Å²) in [6, 6.07) is 11.7. The first-order chi connectivity index (χ1) is 13.2. The lowest BCUT2D eigenvalue weighted by molar-refractivity contribution is -0.137. The summed E-state index contributed by atoms with van der Waals surface area (Å²) in [7, 11) is 0. The van der Waals surface area contributed by atoms with Gasteiger partial charge in [0.05, 0.1) is 17.7 Å². The van der Waals surface area contributed by atoms with Crippen LogP contribution in [0.3, 0.4) is 0 Å². The highest BCUT2D eigenvalue weighted by molar-refractivity contribution is 6.09. The van der Waals surface area contributed by atoms with Crippen LogP contribution in [0.25, 0.3) is 6.08 Å². The van der Waals surface area contributed by atoms with Crippen molar-refractivity contribution in [2.24, 2.45) is 0 Å². The number of alkyl halides is 3. The van der Waals surface area contributed by atoms with Gasteiger partial charge in [-0.2, -0.15) is 18.4 Å². The van der Waals surface area contributed by atoms with E-state index in [1.807, 2.05) is 0 Å². The molecule has 8 heteroatoms. The van der Waals surface area contributed by atoms with E-state index in [1.165, 1.54) is 36.4 Å². The van der Waals surface area contributed by atoms with Crippen molar-refractivity contribution in [2.45, 2.75) is 13.1 Å². The molecule has 0 radical (unpaired) electrons. The molecule has 0 bridgehead atoms. The maximum Gasteiger partial charge on any atom is 0.416 e. The molecule has 0 saturated heterocycles. The van der Waals surface area contributed by atoms with E-state index in [0.717, 1.165) is 18.2 Å². The van der Waals surface area contributed by atoms with Gasteiger partial charge in [-0.25, -0.2) is 4.79 Å². The molecular weight excluding hydrogens is 373 g/mol. The molecule has 28 heavy (non-hydrogen) atoms. The summed E-state index contributed by atoms with van der Waals surface area (Å²) in [4.78, 5) is 23.8. The highest BCUT2D eigenvalue weighted by atomic mass is 19.4. The molecule has 0 aliphatic carbocycles. The number of carbonyl (C=O) groups is 2. The van der Waals surface area contributed by atoms with Crippen LogP contribution in [-0.4, -0.2) is 18.5 Å². The maximum absolute atomic E-state index is 12.8. The molecule has 0 unspecified atom stereocenters. The Morgan fingerprint density at radius 1 is 1.18 bits per heavy atom. The normalized spacial score (nSPS) is 11.5. The van der Waals surface area contributed by atoms with Crippen LogP contribution in [0.15, 0.2) is 54.1 Å². The zero-order valence-electron chi connectivity index (χ0n) is 14.7. The number of esters is 1. The first-order valence-corrected chi connectivity index (χ1v) is 8.12. The van der Waals surface area contributed by atoms with Crippen LogP contribution in [-0.2, 0) is 15.7 Å². The lowest BCUT2D eigenvalue weighted by Gasteiger charge is -2.08. The Hall–Kier alpha value is -3.60. The molecule has 2 aromatic carbocycles. The largest absolute Gasteiger partial charge is 0.462 e. The number of amides is 1. The number of nitrogens with zero attached hydrogens (tertiary/aromatic N) is 1. The number of hydrogen-bond donors (Lipinski definition) is 1. The number of ether oxygens (including phenoxy) is 1. The van der Waals surface area contributed by atoms with E-state index in [4.69, 9.17) is 4.74 Å². The van der Waals surface area contributed by atoms with Crippen LogP contribution >= 0.6 is 0 Å². The van der Waals surface area contributed by atoms with Gasteiger partial charge in [-0.1, -0.05) is 12.1 Å². The molecule has 144 valence electrons. The summed E-state index contributed by atoms with van der Waals surface area (Å²) in [6.07, 6.45) is -3.46. The fraction of sp³-hybridized carbons (Fsp3) is 0.150. The van der Waals surface area contributed by atoms with Gasteiger partial charge in [0.2, 0.25) is 0 Å². The lowest BCUT2D eigenvalue weighted by atomic mass is 10.1. The van der Waals surface area contributed by atoms with Crippen molar-refractivity contribution in [3.63, 3.8) is 0 Å². The number of benzene rings is 2. The summed E-state index contributed by atoms with van der Waals surface area (Å²) >= 11 is 0. The summed E-state index contributed by atoms with van der Waals surface area (Å²) < 4.78 is 43.2. The highest BCUT2D eigenvalue weighted by Crippen LogP contribution is 2.30. The average molecular weight is 388 g/mol. The fourth-order valence-electron chi connectivity index (χ4n) is 2.22. The van der Waals surface area contributed by atoms with E-state index >= 15 is 0 Å². The Balaban J connectivity index is 2.17. The minimum Gasteiger partial charge on any atom is -0.462 e. The number of rotatable bonds is 5. The molecule has 2 rings (SSSR count). The van der Waals surface area contributed by atoms with Crippen molar-refractivity contribution >= 4 is 23.6 Å². The van der Waals surface area contributed by atoms with Gasteiger partial charge in [-0.15, -0.1) is 0 Å². The molecule has 0 heterocycles. The molecule has 0 aliphatic rings. The Kier molecular flexibility index (Phi) is 6.55. The molecule has 1 amide bonds. The second-order valence-corrected chi connectivity index (χ2v) is 5.54. The molecule has 0 saturated carbocycles. The molecule has 2 aromatic rings. The third-order valence-electron chi connectivity index (χ3n) is 3.54. The first kappa shape index (κ1) is 20.7. The quantitative estimate of drug-likeness (QED) is 0.467. The highest BCUT2D eigenvalue weighted by Gasteiger charge is 2.30. The molecule has 0 atom stereocenters. The van der Waals surface area contributed by atoms with E-state index < -0.39 is 23.6 Å². The van der Waals surface area contributed by atoms with Crippen LogP contribution in [0.4, 0.5) is 18.9 Å². The van der Waals surface area contributed by atoms with Gasteiger partial charge in [0, 0.05) is 5.69 Å². The van der Waals surface area contributed by atoms with E-state index in [9.17, 15) is 28.0 Å². The molecule has 0 spiro atoms. The predicted octanol–water partition coefficient (Wildman–Crippen LogP) is 4.43. The SMILES string of the molecule is CCOC(=O)c1ccc(NC(=O)/C(C#N)=C/c2cccc(C(F)(F)F)c2)cc1. The van der Waals surface area contributed by atoms with E-state index in [0.29, 0.717) is 11.3 Å². The summed E-state index contributed by atoms with van der Waals surface area (Å²) in [5, 5.41) is 11.6. The molecule has 0 aliphatic heterocycles. The number of hydrogen-bond acceptors (Lipinski definition) is 4. The topological polar surface area (TPSA) is 79.2 Å². The summed E-state index contributed by atoms with van der Waals surface area (Å²) in [5.41, 5.74) is -0.579. The fourth-order valence-corrected chi connectivity index (χ4v) is 2.22. The van der Waals surface area contributed by atoms with Crippen molar-refractivity contribution < 1.29 is 27.5 Å². The van der Waals surface area contributed by atoms with Crippen LogP contribution in [0, 0.1) is 11.3 Å². The number of nitrogens with one attached hydrogen (secondary N) is 1. The third kappa shape index (κ3) is 5.45. The molecule has 0 aromatic heterocycles. The predicted molar refractivity (Wildman–Crippen MR) is 96.1 cm³/mol. The van der Waals surface area contributed by atoms with E-state index in [-0.39, 0.29) is 17.7 Å². The average Bonchev–Trinajstić information content (AvgIpc) is 2.66. The minimum atomic E-state index is -4.53. The van der Waals surface area contributed by atoms with Gasteiger partial charge in [0.25, 0.3) is 5.91 Å². The summed E-state index contributed by atoms with van der Waals surface area (Å²) in [5.74, 6) is -1.30. The zero-order valence-corrected chi connectivity index (χ0v) is 14.7. The molecular formula is C20H15F3N2O3. The Bertz CT molecular complexity index is 942. The Labute approximate surface area is 159 Å². The van der Waals surface area contributed by atoms with Gasteiger partial charge in [0.15, 0.2) is 0 Å². The lowest BCUT2D eigenvalue weighted by Crippen LogP contribution is -2.14. The van der Waals surface area contributed by atoms with Crippen LogP contribution < -0.4 is 5.32 Å². The van der Waals surface area contributed by atoms with Gasteiger partial charge in [0.1, 0.15) is 11.6 Å². The van der Waals surface area contributed by atoms with Crippen molar-refractivity contribution in [2.75, 3.05) is 11.9 Å². The van der Waals surface area contributed by atoms with Crippen LogP contribution in [0.1, 0.15) is 28.4 Å². The Morgan fingerprint density at radius 2 is 1.86 bits per heavy atom. The van der Waals surface area contributed by atoms with Crippen LogP contribution in [0.5, 0.6) is 0 Å². The van der Waals surface area contributed by atoms with Crippen LogP contribution in [0.2, 0.25) is 0 Å². The van der Waals surface area contributed by atoms with Crippen molar-refractivity contribution in [1.29, 1.82) is 5.26 Å². The molecule has 0 fully saturated rings. The molecule has 5 nitrogen and oxygen atoms in total. The smallest absolute Gasteiger partial charge is 0.416 e. The number of anilines is 1. The molecule has 1 N–H and O–H groups in total. The third-order valence-corrected chi connectivity index (χ3v) is 3.54. The van der Waals surface area contributed by atoms with E-state index in [1.54, 1.807) is 13.0 Å².